The van der Waals surface area contributed by atoms with Crippen LogP contribution in [0.5, 0.6) is 5.75 Å². The standard InChI is InChI=1S/C22H30N6O2S/c1-29-18-7-5-17(6-8-18)16-23-22(31)26-21-24-19(27-9-3-2-4-10-27)15-20(25-21)28-11-13-30-14-12-28/h5-8,15H,2-4,9-14,16H2,1H3,(H2,23,24,25,26,31). The summed E-state index contributed by atoms with van der Waals surface area (Å²) < 4.78 is 10.7. The molecule has 1 aromatic carbocycles. The lowest BCUT2D eigenvalue weighted by Gasteiger charge is -2.31. The number of nitrogens with one attached hydrogen (secondary N) is 2. The first kappa shape index (κ1) is 21.6. The Bertz CT molecular complexity index is 831. The average molecular weight is 443 g/mol. The monoisotopic (exact) mass is 442 g/mol. The van der Waals surface area contributed by atoms with Gasteiger partial charge in [0, 0.05) is 38.8 Å². The van der Waals surface area contributed by atoms with Crippen molar-refractivity contribution in [2.45, 2.75) is 25.8 Å². The van der Waals surface area contributed by atoms with Gasteiger partial charge < -0.3 is 29.9 Å². The Balaban J connectivity index is 1.45. The second kappa shape index (κ2) is 10.6. The summed E-state index contributed by atoms with van der Waals surface area (Å²) in [6.07, 6.45) is 3.67. The molecule has 0 radical (unpaired) electrons. The Morgan fingerprint density at radius 3 is 2.29 bits per heavy atom. The molecule has 2 fully saturated rings. The molecule has 0 aliphatic carbocycles. The van der Waals surface area contributed by atoms with E-state index in [1.807, 2.05) is 24.3 Å². The molecule has 2 aliphatic rings. The molecule has 0 atom stereocenters. The van der Waals surface area contributed by atoms with Gasteiger partial charge in [-0.2, -0.15) is 9.97 Å². The molecule has 2 N–H and O–H groups in total. The van der Waals surface area contributed by atoms with Gasteiger partial charge in [0.25, 0.3) is 0 Å². The lowest BCUT2D eigenvalue weighted by Crippen LogP contribution is -2.38. The molecule has 0 bridgehead atoms. The van der Waals surface area contributed by atoms with Gasteiger partial charge in [0.05, 0.1) is 20.3 Å². The number of rotatable bonds is 6. The first-order valence-corrected chi connectivity index (χ1v) is 11.3. The zero-order valence-corrected chi connectivity index (χ0v) is 18.8. The van der Waals surface area contributed by atoms with Crippen LogP contribution < -0.4 is 25.2 Å². The van der Waals surface area contributed by atoms with Crippen LogP contribution >= 0.6 is 12.2 Å². The molecule has 0 amide bonds. The van der Waals surface area contributed by atoms with Crippen molar-refractivity contribution in [1.82, 2.24) is 15.3 Å². The fourth-order valence-corrected chi connectivity index (χ4v) is 3.95. The number of aromatic nitrogens is 2. The summed E-state index contributed by atoms with van der Waals surface area (Å²) in [5.41, 5.74) is 1.11. The van der Waals surface area contributed by atoms with Gasteiger partial charge in [0.1, 0.15) is 17.4 Å². The van der Waals surface area contributed by atoms with Gasteiger partial charge in [0.15, 0.2) is 5.11 Å². The third-order valence-corrected chi connectivity index (χ3v) is 5.80. The molecule has 0 saturated carbocycles. The van der Waals surface area contributed by atoms with Crippen molar-refractivity contribution < 1.29 is 9.47 Å². The highest BCUT2D eigenvalue weighted by molar-refractivity contribution is 7.80. The molecule has 8 nitrogen and oxygen atoms in total. The minimum Gasteiger partial charge on any atom is -0.497 e. The third-order valence-electron chi connectivity index (χ3n) is 5.55. The van der Waals surface area contributed by atoms with Gasteiger partial charge >= 0.3 is 0 Å². The fourth-order valence-electron chi connectivity index (χ4n) is 3.79. The largest absolute Gasteiger partial charge is 0.497 e. The Labute approximate surface area is 189 Å². The number of nitrogens with zero attached hydrogens (tertiary/aromatic N) is 4. The number of hydrogen-bond acceptors (Lipinski definition) is 7. The molecule has 2 aromatic rings. The quantitative estimate of drug-likeness (QED) is 0.657. The molecular weight excluding hydrogens is 412 g/mol. The van der Waals surface area contributed by atoms with Crippen LogP contribution in [0.15, 0.2) is 30.3 Å². The predicted octanol–water partition coefficient (Wildman–Crippen LogP) is 2.80. The van der Waals surface area contributed by atoms with Crippen LogP contribution in [0.25, 0.3) is 0 Å². The Morgan fingerprint density at radius 2 is 1.65 bits per heavy atom. The summed E-state index contributed by atoms with van der Waals surface area (Å²) in [6.45, 7) is 5.75. The highest BCUT2D eigenvalue weighted by Gasteiger charge is 2.19. The first-order chi connectivity index (χ1) is 15.2. The van der Waals surface area contributed by atoms with Crippen LogP contribution in [0, 0.1) is 0 Å². The van der Waals surface area contributed by atoms with Crippen molar-refractivity contribution in [3.05, 3.63) is 35.9 Å². The van der Waals surface area contributed by atoms with Crippen LogP contribution in [0.1, 0.15) is 24.8 Å². The van der Waals surface area contributed by atoms with Crippen molar-refractivity contribution >= 4 is 34.9 Å². The number of morpholine rings is 1. The van der Waals surface area contributed by atoms with E-state index in [0.29, 0.717) is 30.8 Å². The van der Waals surface area contributed by atoms with Crippen LogP contribution in [-0.4, -0.2) is 61.6 Å². The third kappa shape index (κ3) is 5.95. The molecule has 2 aliphatic heterocycles. The van der Waals surface area contributed by atoms with Crippen molar-refractivity contribution in [2.24, 2.45) is 0 Å². The van der Waals surface area contributed by atoms with Crippen molar-refractivity contribution in [3.63, 3.8) is 0 Å². The normalized spacial score (nSPS) is 16.7. The second-order valence-corrected chi connectivity index (χ2v) is 8.12. The number of benzene rings is 1. The van der Waals surface area contributed by atoms with E-state index in [4.69, 9.17) is 31.7 Å². The predicted molar refractivity (Wildman–Crippen MR) is 127 cm³/mol. The van der Waals surface area contributed by atoms with E-state index in [1.54, 1.807) is 7.11 Å². The van der Waals surface area contributed by atoms with E-state index in [-0.39, 0.29) is 0 Å². The lowest BCUT2D eigenvalue weighted by atomic mass is 10.1. The average Bonchev–Trinajstić information content (AvgIpc) is 2.84. The highest BCUT2D eigenvalue weighted by Crippen LogP contribution is 2.24. The Morgan fingerprint density at radius 1 is 1.00 bits per heavy atom. The minimum atomic E-state index is 0.500. The smallest absolute Gasteiger partial charge is 0.232 e. The molecule has 1 aromatic heterocycles. The zero-order valence-electron chi connectivity index (χ0n) is 18.0. The maximum atomic E-state index is 5.51. The number of methoxy groups -OCH3 is 1. The first-order valence-electron chi connectivity index (χ1n) is 10.9. The van der Waals surface area contributed by atoms with Gasteiger partial charge in [-0.1, -0.05) is 12.1 Å². The van der Waals surface area contributed by atoms with Crippen molar-refractivity contribution in [1.29, 1.82) is 0 Å². The summed E-state index contributed by atoms with van der Waals surface area (Å²) in [4.78, 5) is 14.1. The van der Waals surface area contributed by atoms with Crippen molar-refractivity contribution in [3.8, 4) is 5.75 Å². The number of piperidine rings is 1. The Kier molecular flexibility index (Phi) is 7.37. The van der Waals surface area contributed by atoms with E-state index in [2.05, 4.69) is 26.5 Å². The second-order valence-electron chi connectivity index (χ2n) is 7.71. The van der Waals surface area contributed by atoms with Gasteiger partial charge in [-0.05, 0) is 49.2 Å². The highest BCUT2D eigenvalue weighted by atomic mass is 32.1. The van der Waals surface area contributed by atoms with E-state index >= 15 is 0 Å². The Hall–Kier alpha value is -2.65. The van der Waals surface area contributed by atoms with Crippen LogP contribution in [0.3, 0.4) is 0 Å². The number of hydrogen-bond donors (Lipinski definition) is 2. The van der Waals surface area contributed by atoms with Gasteiger partial charge in [0.2, 0.25) is 5.95 Å². The van der Waals surface area contributed by atoms with Gasteiger partial charge in [-0.15, -0.1) is 0 Å². The molecule has 9 heteroatoms. The molecule has 31 heavy (non-hydrogen) atoms. The maximum Gasteiger partial charge on any atom is 0.232 e. The van der Waals surface area contributed by atoms with Crippen LogP contribution in [-0.2, 0) is 11.3 Å². The zero-order chi connectivity index (χ0) is 21.5. The summed E-state index contributed by atoms with van der Waals surface area (Å²) in [7, 11) is 1.66. The molecule has 2 saturated heterocycles. The maximum absolute atomic E-state index is 5.51. The minimum absolute atomic E-state index is 0.500. The van der Waals surface area contributed by atoms with E-state index in [0.717, 1.165) is 49.1 Å². The van der Waals surface area contributed by atoms with E-state index < -0.39 is 0 Å². The number of anilines is 3. The van der Waals surface area contributed by atoms with E-state index in [1.165, 1.54) is 19.3 Å². The number of ether oxygens (including phenoxy) is 2. The van der Waals surface area contributed by atoms with Crippen LogP contribution in [0.4, 0.5) is 17.6 Å². The fraction of sp³-hybridized carbons (Fsp3) is 0.500. The topological polar surface area (TPSA) is 74.8 Å². The molecule has 0 unspecified atom stereocenters. The van der Waals surface area contributed by atoms with E-state index in [9.17, 15) is 0 Å². The molecule has 0 spiro atoms. The summed E-state index contributed by atoms with van der Waals surface area (Å²) in [6, 6.07) is 9.99. The van der Waals surface area contributed by atoms with Gasteiger partial charge in [-0.3, -0.25) is 0 Å². The SMILES string of the molecule is COc1ccc(CNC(=S)Nc2nc(N3CCCCC3)cc(N3CCOCC3)n2)cc1. The summed E-state index contributed by atoms with van der Waals surface area (Å²) in [5.74, 6) is 3.23. The summed E-state index contributed by atoms with van der Waals surface area (Å²) in [5, 5.41) is 6.92. The number of thiocarbonyl (C=S) groups is 1. The summed E-state index contributed by atoms with van der Waals surface area (Å²) >= 11 is 5.51. The van der Waals surface area contributed by atoms with Gasteiger partial charge in [-0.25, -0.2) is 0 Å². The molecule has 3 heterocycles. The molecule has 166 valence electrons. The van der Waals surface area contributed by atoms with Crippen LogP contribution in [0.2, 0.25) is 0 Å². The molecule has 4 rings (SSSR count). The van der Waals surface area contributed by atoms with Crippen molar-refractivity contribution in [2.75, 3.05) is 61.6 Å². The molecular formula is C22H30N6O2S. The lowest BCUT2D eigenvalue weighted by molar-refractivity contribution is 0.122.